The van der Waals surface area contributed by atoms with Crippen LogP contribution in [0.4, 0.5) is 10.5 Å². The minimum atomic E-state index is -0.638. The van der Waals surface area contributed by atoms with Crippen molar-refractivity contribution in [2.45, 2.75) is 6.17 Å². The first kappa shape index (κ1) is 13.6. The molecule has 19 heavy (non-hydrogen) atoms. The second-order valence-electron chi connectivity index (χ2n) is 4.39. The van der Waals surface area contributed by atoms with E-state index in [9.17, 15) is 9.59 Å². The minimum Gasteiger partial charge on any atom is -0.384 e. The second-order valence-corrected chi connectivity index (χ2v) is 4.83. The molecular weight excluding hydrogens is 268 g/mol. The number of benzene rings is 1. The van der Waals surface area contributed by atoms with E-state index < -0.39 is 18.1 Å². The van der Waals surface area contributed by atoms with Gasteiger partial charge >= 0.3 is 6.03 Å². The number of carbonyl (C=O) groups excluding carboxylic acids is 2. The van der Waals surface area contributed by atoms with Gasteiger partial charge in [0.25, 0.3) is 0 Å². The lowest BCUT2D eigenvalue weighted by atomic mass is 10.0. The molecule has 1 aromatic carbocycles. The van der Waals surface area contributed by atoms with Gasteiger partial charge in [-0.15, -0.1) is 0 Å². The molecule has 1 saturated heterocycles. The van der Waals surface area contributed by atoms with Crippen LogP contribution in [-0.2, 0) is 4.79 Å². The standard InChI is InChI=1S/C12H15ClN4O2/c1-17-10(14)9(11(18)16-12(17)19)6-15-8-4-2-7(13)3-5-8/h2-5,9-10,15H,6,14H2,1H3,(H,16,18,19). The summed E-state index contributed by atoms with van der Waals surface area (Å²) >= 11 is 5.79. The summed E-state index contributed by atoms with van der Waals surface area (Å²) in [5.74, 6) is -0.865. The molecule has 1 aliphatic heterocycles. The molecule has 0 aromatic heterocycles. The Balaban J connectivity index is 2.00. The summed E-state index contributed by atoms with van der Waals surface area (Å²) in [7, 11) is 1.56. The SMILES string of the molecule is CN1C(=O)NC(=O)C(CNc2ccc(Cl)cc2)C1N. The Morgan fingerprint density at radius 3 is 2.63 bits per heavy atom. The van der Waals surface area contributed by atoms with Crippen LogP contribution in [0.15, 0.2) is 24.3 Å². The number of urea groups is 1. The summed E-state index contributed by atoms with van der Waals surface area (Å²) in [4.78, 5) is 24.4. The second kappa shape index (κ2) is 5.46. The summed E-state index contributed by atoms with van der Waals surface area (Å²) < 4.78 is 0. The van der Waals surface area contributed by atoms with E-state index >= 15 is 0 Å². The van der Waals surface area contributed by atoms with Gasteiger partial charge in [-0.25, -0.2) is 4.79 Å². The number of anilines is 1. The largest absolute Gasteiger partial charge is 0.384 e. The van der Waals surface area contributed by atoms with E-state index in [1.54, 1.807) is 19.2 Å². The molecule has 0 radical (unpaired) electrons. The summed E-state index contributed by atoms with van der Waals surface area (Å²) in [6.45, 7) is 0.340. The van der Waals surface area contributed by atoms with Crippen LogP contribution in [0.2, 0.25) is 5.02 Å². The fourth-order valence-corrected chi connectivity index (χ4v) is 1.98. The van der Waals surface area contributed by atoms with Gasteiger partial charge < -0.3 is 16.0 Å². The number of carbonyl (C=O) groups is 2. The van der Waals surface area contributed by atoms with Crippen molar-refractivity contribution in [3.63, 3.8) is 0 Å². The van der Waals surface area contributed by atoms with E-state index in [-0.39, 0.29) is 5.91 Å². The van der Waals surface area contributed by atoms with Crippen LogP contribution in [0.3, 0.4) is 0 Å². The van der Waals surface area contributed by atoms with Crippen molar-refractivity contribution in [2.24, 2.45) is 11.7 Å². The lowest BCUT2D eigenvalue weighted by Gasteiger charge is -2.35. The Labute approximate surface area is 115 Å². The molecule has 0 spiro atoms. The smallest absolute Gasteiger partial charge is 0.325 e. The number of halogens is 1. The van der Waals surface area contributed by atoms with Gasteiger partial charge in [-0.2, -0.15) is 0 Å². The predicted octanol–water partition coefficient (Wildman–Crippen LogP) is 0.834. The molecule has 1 aliphatic rings. The lowest BCUT2D eigenvalue weighted by Crippen LogP contribution is -2.63. The van der Waals surface area contributed by atoms with Crippen LogP contribution < -0.4 is 16.4 Å². The Kier molecular flexibility index (Phi) is 3.92. The topological polar surface area (TPSA) is 87.5 Å². The molecular formula is C12H15ClN4O2. The zero-order valence-electron chi connectivity index (χ0n) is 10.4. The molecule has 2 atom stereocenters. The average Bonchev–Trinajstić information content (AvgIpc) is 2.38. The molecule has 3 amide bonds. The number of hydrogen-bond acceptors (Lipinski definition) is 4. The first-order valence-electron chi connectivity index (χ1n) is 5.81. The maximum absolute atomic E-state index is 11.7. The first-order chi connectivity index (χ1) is 8.99. The third kappa shape index (κ3) is 2.97. The molecule has 0 saturated carbocycles. The summed E-state index contributed by atoms with van der Waals surface area (Å²) in [5, 5.41) is 6.00. The number of hydrogen-bond donors (Lipinski definition) is 3. The Morgan fingerprint density at radius 2 is 2.00 bits per heavy atom. The van der Waals surface area contributed by atoms with Gasteiger partial charge in [0.15, 0.2) is 0 Å². The summed E-state index contributed by atoms with van der Waals surface area (Å²) in [6.07, 6.45) is -0.638. The van der Waals surface area contributed by atoms with E-state index in [1.165, 1.54) is 4.90 Å². The van der Waals surface area contributed by atoms with E-state index in [0.717, 1.165) is 5.69 Å². The van der Waals surface area contributed by atoms with Crippen LogP contribution in [0.5, 0.6) is 0 Å². The zero-order valence-corrected chi connectivity index (χ0v) is 11.1. The molecule has 1 heterocycles. The third-order valence-corrected chi connectivity index (χ3v) is 3.37. The highest BCUT2D eigenvalue weighted by atomic mass is 35.5. The van der Waals surface area contributed by atoms with Crippen LogP contribution >= 0.6 is 11.6 Å². The van der Waals surface area contributed by atoms with Crippen molar-refractivity contribution in [1.29, 1.82) is 0 Å². The fourth-order valence-electron chi connectivity index (χ4n) is 1.86. The molecule has 7 heteroatoms. The van der Waals surface area contributed by atoms with Crippen molar-refractivity contribution in [3.05, 3.63) is 29.3 Å². The van der Waals surface area contributed by atoms with Crippen LogP contribution in [-0.4, -0.2) is 36.6 Å². The highest BCUT2D eigenvalue weighted by Gasteiger charge is 2.36. The van der Waals surface area contributed by atoms with Gasteiger partial charge in [0.05, 0.1) is 12.1 Å². The number of rotatable bonds is 3. The van der Waals surface area contributed by atoms with E-state index in [4.69, 9.17) is 17.3 Å². The number of amides is 3. The van der Waals surface area contributed by atoms with E-state index in [0.29, 0.717) is 11.6 Å². The van der Waals surface area contributed by atoms with E-state index in [2.05, 4.69) is 10.6 Å². The lowest BCUT2D eigenvalue weighted by molar-refractivity contribution is -0.127. The molecule has 2 rings (SSSR count). The average molecular weight is 283 g/mol. The third-order valence-electron chi connectivity index (χ3n) is 3.12. The monoisotopic (exact) mass is 282 g/mol. The molecule has 4 N–H and O–H groups in total. The summed E-state index contributed by atoms with van der Waals surface area (Å²) in [6, 6.07) is 6.65. The van der Waals surface area contributed by atoms with Gasteiger partial charge in [-0.3, -0.25) is 10.1 Å². The molecule has 6 nitrogen and oxygen atoms in total. The quantitative estimate of drug-likeness (QED) is 0.766. The van der Waals surface area contributed by atoms with Crippen molar-refractivity contribution in [3.8, 4) is 0 Å². The van der Waals surface area contributed by atoms with Crippen molar-refractivity contribution < 1.29 is 9.59 Å². The maximum atomic E-state index is 11.7. The number of nitrogens with one attached hydrogen (secondary N) is 2. The summed E-state index contributed by atoms with van der Waals surface area (Å²) in [5.41, 5.74) is 6.71. The van der Waals surface area contributed by atoms with Crippen LogP contribution in [0.1, 0.15) is 0 Å². The Hall–Kier alpha value is -1.79. The van der Waals surface area contributed by atoms with Gasteiger partial charge in [0, 0.05) is 24.3 Å². The molecule has 1 aromatic rings. The fraction of sp³-hybridized carbons (Fsp3) is 0.333. The number of imide groups is 1. The zero-order chi connectivity index (χ0) is 14.0. The number of nitrogens with zero attached hydrogens (tertiary/aromatic N) is 1. The van der Waals surface area contributed by atoms with Crippen LogP contribution in [0.25, 0.3) is 0 Å². The van der Waals surface area contributed by atoms with Gasteiger partial charge in [0.1, 0.15) is 0 Å². The van der Waals surface area contributed by atoms with Gasteiger partial charge in [-0.05, 0) is 24.3 Å². The Bertz CT molecular complexity index is 491. The van der Waals surface area contributed by atoms with Gasteiger partial charge in [-0.1, -0.05) is 11.6 Å². The van der Waals surface area contributed by atoms with Crippen LogP contribution in [0, 0.1) is 5.92 Å². The predicted molar refractivity (Wildman–Crippen MR) is 72.7 cm³/mol. The molecule has 0 bridgehead atoms. The molecule has 1 fully saturated rings. The normalized spacial score (nSPS) is 23.2. The van der Waals surface area contributed by atoms with Crippen molar-refractivity contribution in [2.75, 3.05) is 18.9 Å². The molecule has 0 aliphatic carbocycles. The maximum Gasteiger partial charge on any atom is 0.325 e. The molecule has 102 valence electrons. The minimum absolute atomic E-state index is 0.340. The molecule has 2 unspecified atom stereocenters. The van der Waals surface area contributed by atoms with E-state index in [1.807, 2.05) is 12.1 Å². The highest BCUT2D eigenvalue weighted by molar-refractivity contribution is 6.30. The highest BCUT2D eigenvalue weighted by Crippen LogP contribution is 2.16. The first-order valence-corrected chi connectivity index (χ1v) is 6.19. The van der Waals surface area contributed by atoms with Crippen molar-refractivity contribution in [1.82, 2.24) is 10.2 Å². The Morgan fingerprint density at radius 1 is 1.37 bits per heavy atom. The number of nitrogens with two attached hydrogens (primary N) is 1. The van der Waals surface area contributed by atoms with Gasteiger partial charge in [0.2, 0.25) is 5.91 Å². The van der Waals surface area contributed by atoms with Crippen molar-refractivity contribution >= 4 is 29.2 Å².